The zero-order valence-corrected chi connectivity index (χ0v) is 7.01. The van der Waals surface area contributed by atoms with Crippen LogP contribution in [0, 0.1) is 17.8 Å². The minimum Gasteiger partial charge on any atom is -0.395 e. The van der Waals surface area contributed by atoms with Crippen LogP contribution in [-0.2, 0) is 0 Å². The van der Waals surface area contributed by atoms with Crippen molar-refractivity contribution in [3.63, 3.8) is 0 Å². The molecular formula is C9H16O2. The Morgan fingerprint density at radius 2 is 2.09 bits per heavy atom. The Labute approximate surface area is 68.2 Å². The predicted molar refractivity (Wildman–Crippen MR) is 45.0 cm³/mol. The number of aliphatic hydroxyl groups excluding tert-OH is 2. The zero-order chi connectivity index (χ0) is 8.53. The Bertz CT molecular complexity index is 132. The molecule has 2 nitrogen and oxygen atoms in total. The van der Waals surface area contributed by atoms with Gasteiger partial charge >= 0.3 is 0 Å². The summed E-state index contributed by atoms with van der Waals surface area (Å²) < 4.78 is 0. The van der Waals surface area contributed by atoms with Crippen molar-refractivity contribution >= 4 is 0 Å². The third-order valence-corrected chi connectivity index (χ3v) is 1.51. The number of hydrogen-bond acceptors (Lipinski definition) is 2. The van der Waals surface area contributed by atoms with Crippen LogP contribution >= 0.6 is 0 Å². The molecule has 0 aliphatic rings. The Balaban J connectivity index is 3.57. The second kappa shape index (κ2) is 7.59. The minimum absolute atomic E-state index is 0.0575. The molecule has 0 aliphatic carbocycles. The zero-order valence-electron chi connectivity index (χ0n) is 7.01. The lowest BCUT2D eigenvalue weighted by atomic mass is 10.0. The predicted octanol–water partition coefficient (Wildman–Crippen LogP) is 0.781. The molecule has 0 saturated heterocycles. The van der Waals surface area contributed by atoms with E-state index in [2.05, 4.69) is 18.8 Å². The van der Waals surface area contributed by atoms with E-state index in [9.17, 15) is 0 Å². The van der Waals surface area contributed by atoms with Crippen LogP contribution in [0.3, 0.4) is 0 Å². The molecule has 0 saturated carbocycles. The summed E-state index contributed by atoms with van der Waals surface area (Å²) in [5, 5.41) is 17.2. The molecule has 0 aromatic heterocycles. The van der Waals surface area contributed by atoms with Crippen molar-refractivity contribution in [3.8, 4) is 11.8 Å². The normalized spacial score (nSPS) is 11.9. The molecule has 0 aromatic rings. The highest BCUT2D eigenvalue weighted by molar-refractivity contribution is 5.03. The maximum absolute atomic E-state index is 8.80. The van der Waals surface area contributed by atoms with Crippen molar-refractivity contribution in [2.45, 2.75) is 26.2 Å². The summed E-state index contributed by atoms with van der Waals surface area (Å²) in [5.41, 5.74) is 0. The van der Waals surface area contributed by atoms with Crippen LogP contribution in [0.2, 0.25) is 0 Å². The van der Waals surface area contributed by atoms with E-state index < -0.39 is 0 Å². The summed E-state index contributed by atoms with van der Waals surface area (Å²) >= 11 is 0. The first-order chi connectivity index (χ1) is 5.35. The van der Waals surface area contributed by atoms with Crippen molar-refractivity contribution in [2.24, 2.45) is 5.92 Å². The smallest absolute Gasteiger partial charge is 0.104 e. The standard InChI is InChI=1S/C9H16O2/c1-2-3-5-9(8-11)6-4-7-10/h9-11H,2-3,5,7-8H2,1H3. The topological polar surface area (TPSA) is 40.5 Å². The van der Waals surface area contributed by atoms with E-state index in [4.69, 9.17) is 10.2 Å². The maximum atomic E-state index is 8.80. The average Bonchev–Trinajstić information content (AvgIpc) is 2.05. The third kappa shape index (κ3) is 5.90. The van der Waals surface area contributed by atoms with Gasteiger partial charge in [0, 0.05) is 5.92 Å². The highest BCUT2D eigenvalue weighted by Crippen LogP contribution is 2.05. The first kappa shape index (κ1) is 10.5. The van der Waals surface area contributed by atoms with Gasteiger partial charge < -0.3 is 10.2 Å². The molecule has 0 radical (unpaired) electrons. The van der Waals surface area contributed by atoms with Crippen molar-refractivity contribution in [2.75, 3.05) is 13.2 Å². The fourth-order valence-corrected chi connectivity index (χ4v) is 0.850. The third-order valence-electron chi connectivity index (χ3n) is 1.51. The lowest BCUT2D eigenvalue weighted by Gasteiger charge is -2.03. The first-order valence-electron chi connectivity index (χ1n) is 4.05. The Kier molecular flexibility index (Phi) is 7.23. The maximum Gasteiger partial charge on any atom is 0.104 e. The van der Waals surface area contributed by atoms with Crippen LogP contribution in [0.1, 0.15) is 26.2 Å². The summed E-state index contributed by atoms with van der Waals surface area (Å²) in [6, 6.07) is 0. The summed E-state index contributed by atoms with van der Waals surface area (Å²) in [5.74, 6) is 5.42. The van der Waals surface area contributed by atoms with Crippen molar-refractivity contribution < 1.29 is 10.2 Å². The average molecular weight is 156 g/mol. The van der Waals surface area contributed by atoms with Gasteiger partial charge in [0.25, 0.3) is 0 Å². The highest BCUT2D eigenvalue weighted by Gasteiger charge is 2.00. The number of aliphatic hydroxyl groups is 2. The van der Waals surface area contributed by atoms with Gasteiger partial charge in [-0.3, -0.25) is 0 Å². The Morgan fingerprint density at radius 1 is 1.36 bits per heavy atom. The van der Waals surface area contributed by atoms with Crippen molar-refractivity contribution in [1.82, 2.24) is 0 Å². The molecule has 2 N–H and O–H groups in total. The van der Waals surface area contributed by atoms with Gasteiger partial charge in [-0.1, -0.05) is 31.6 Å². The molecule has 64 valence electrons. The van der Waals surface area contributed by atoms with Gasteiger partial charge in [0.1, 0.15) is 6.61 Å². The summed E-state index contributed by atoms with van der Waals surface area (Å²) in [4.78, 5) is 0. The second-order valence-corrected chi connectivity index (χ2v) is 2.50. The molecule has 1 unspecified atom stereocenters. The van der Waals surface area contributed by atoms with Gasteiger partial charge in [-0.05, 0) is 6.42 Å². The van der Waals surface area contributed by atoms with E-state index in [1.54, 1.807) is 0 Å². The lowest BCUT2D eigenvalue weighted by Crippen LogP contribution is -2.02. The molecule has 11 heavy (non-hydrogen) atoms. The van der Waals surface area contributed by atoms with E-state index >= 15 is 0 Å². The Morgan fingerprint density at radius 3 is 2.55 bits per heavy atom. The van der Waals surface area contributed by atoms with Crippen LogP contribution in [0.25, 0.3) is 0 Å². The highest BCUT2D eigenvalue weighted by atomic mass is 16.3. The molecule has 2 heteroatoms. The molecule has 0 heterocycles. The first-order valence-corrected chi connectivity index (χ1v) is 4.05. The fourth-order valence-electron chi connectivity index (χ4n) is 0.850. The molecule has 1 atom stereocenters. The minimum atomic E-state index is -0.109. The van der Waals surface area contributed by atoms with Gasteiger partial charge in [0.15, 0.2) is 0 Å². The quantitative estimate of drug-likeness (QED) is 0.590. The lowest BCUT2D eigenvalue weighted by molar-refractivity contribution is 0.248. The van der Waals surface area contributed by atoms with Crippen molar-refractivity contribution in [1.29, 1.82) is 0 Å². The Hall–Kier alpha value is -0.520. The largest absolute Gasteiger partial charge is 0.395 e. The van der Waals surface area contributed by atoms with E-state index in [1.807, 2.05) is 0 Å². The molecule has 0 fully saturated rings. The van der Waals surface area contributed by atoms with Gasteiger partial charge in [-0.25, -0.2) is 0 Å². The van der Waals surface area contributed by atoms with Gasteiger partial charge in [-0.2, -0.15) is 0 Å². The summed E-state index contributed by atoms with van der Waals surface area (Å²) in [6.45, 7) is 2.10. The van der Waals surface area contributed by atoms with Crippen LogP contribution in [0.4, 0.5) is 0 Å². The van der Waals surface area contributed by atoms with Gasteiger partial charge in [0.05, 0.1) is 6.61 Å². The molecule has 0 amide bonds. The van der Waals surface area contributed by atoms with Gasteiger partial charge in [-0.15, -0.1) is 0 Å². The summed E-state index contributed by atoms with van der Waals surface area (Å²) in [7, 11) is 0. The second-order valence-electron chi connectivity index (χ2n) is 2.50. The van der Waals surface area contributed by atoms with E-state index in [0.717, 1.165) is 19.3 Å². The van der Waals surface area contributed by atoms with Crippen LogP contribution in [0.5, 0.6) is 0 Å². The molecule has 0 bridgehead atoms. The summed E-state index contributed by atoms with van der Waals surface area (Å²) in [6.07, 6.45) is 3.14. The molecule has 0 aliphatic heterocycles. The van der Waals surface area contributed by atoms with Crippen LogP contribution in [0.15, 0.2) is 0 Å². The fraction of sp³-hybridized carbons (Fsp3) is 0.778. The monoisotopic (exact) mass is 156 g/mol. The molecule has 0 rings (SSSR count). The SMILES string of the molecule is CCCCC(C#CCO)CO. The van der Waals surface area contributed by atoms with E-state index in [0.29, 0.717) is 0 Å². The van der Waals surface area contributed by atoms with Crippen LogP contribution in [-0.4, -0.2) is 23.4 Å². The van der Waals surface area contributed by atoms with Crippen molar-refractivity contribution in [3.05, 3.63) is 0 Å². The number of hydrogen-bond donors (Lipinski definition) is 2. The number of rotatable bonds is 4. The molecule has 0 spiro atoms. The number of unbranched alkanes of at least 4 members (excludes halogenated alkanes) is 1. The van der Waals surface area contributed by atoms with Crippen LogP contribution < -0.4 is 0 Å². The van der Waals surface area contributed by atoms with E-state index in [-0.39, 0.29) is 19.1 Å². The van der Waals surface area contributed by atoms with Gasteiger partial charge in [0.2, 0.25) is 0 Å². The molecular weight excluding hydrogens is 140 g/mol. The van der Waals surface area contributed by atoms with E-state index in [1.165, 1.54) is 0 Å². The molecule has 0 aromatic carbocycles.